The van der Waals surface area contributed by atoms with Gasteiger partial charge in [0.1, 0.15) is 5.75 Å². The fourth-order valence-corrected chi connectivity index (χ4v) is 5.42. The molecule has 1 aliphatic heterocycles. The number of hydrogen-bond acceptors (Lipinski definition) is 4. The molecule has 1 aliphatic rings. The van der Waals surface area contributed by atoms with E-state index < -0.39 is 5.92 Å². The molecule has 1 atom stereocenters. The minimum absolute atomic E-state index is 0.0916. The van der Waals surface area contributed by atoms with Crippen LogP contribution in [0.25, 0.3) is 0 Å². The summed E-state index contributed by atoms with van der Waals surface area (Å²) in [5.41, 5.74) is 5.82. The van der Waals surface area contributed by atoms with Gasteiger partial charge in [0.2, 0.25) is 11.8 Å². The van der Waals surface area contributed by atoms with Gasteiger partial charge < -0.3 is 20.3 Å². The second-order valence-corrected chi connectivity index (χ2v) is 11.4. The zero-order valence-corrected chi connectivity index (χ0v) is 25.0. The lowest BCUT2D eigenvalue weighted by atomic mass is 10.0. The number of ether oxygens (including phenoxy) is 1. The highest BCUT2D eigenvalue weighted by Gasteiger charge is 2.35. The van der Waals surface area contributed by atoms with Crippen molar-refractivity contribution in [2.45, 2.75) is 53.0 Å². The van der Waals surface area contributed by atoms with Gasteiger partial charge in [-0.15, -0.1) is 0 Å². The minimum atomic E-state index is -0.405. The maximum Gasteiger partial charge on any atom is 0.262 e. The molecule has 1 heterocycles. The summed E-state index contributed by atoms with van der Waals surface area (Å²) in [5, 5.41) is 5.93. The van der Waals surface area contributed by atoms with E-state index in [4.69, 9.17) is 4.74 Å². The minimum Gasteiger partial charge on any atom is -0.484 e. The molecule has 0 aromatic heterocycles. The third-order valence-corrected chi connectivity index (χ3v) is 7.61. The summed E-state index contributed by atoms with van der Waals surface area (Å²) in [6.07, 6.45) is 0.966. The Hall–Kier alpha value is -3.65. The van der Waals surface area contributed by atoms with Crippen LogP contribution in [0.15, 0.2) is 65.1 Å². The van der Waals surface area contributed by atoms with Gasteiger partial charge in [-0.05, 0) is 77.9 Å². The van der Waals surface area contributed by atoms with Crippen molar-refractivity contribution in [1.82, 2.24) is 5.32 Å². The van der Waals surface area contributed by atoms with Crippen molar-refractivity contribution >= 4 is 45.0 Å². The monoisotopic (exact) mass is 605 g/mol. The summed E-state index contributed by atoms with van der Waals surface area (Å²) >= 11 is 3.50. The number of nitrogens with zero attached hydrogens (tertiary/aromatic N) is 1. The highest BCUT2D eigenvalue weighted by atomic mass is 79.9. The number of rotatable bonds is 10. The van der Waals surface area contributed by atoms with E-state index in [0.29, 0.717) is 30.4 Å². The van der Waals surface area contributed by atoms with E-state index in [1.807, 2.05) is 38.1 Å². The average Bonchev–Trinajstić information content (AvgIpc) is 3.33. The van der Waals surface area contributed by atoms with E-state index in [9.17, 15) is 14.4 Å². The zero-order valence-electron chi connectivity index (χ0n) is 23.4. The summed E-state index contributed by atoms with van der Waals surface area (Å²) in [6.45, 7) is 8.92. The third-order valence-electron chi connectivity index (χ3n) is 7.15. The smallest absolute Gasteiger partial charge is 0.262 e. The number of aryl methyl sites for hydroxylation is 2. The molecule has 0 unspecified atom stereocenters. The zero-order chi connectivity index (χ0) is 28.8. The van der Waals surface area contributed by atoms with E-state index in [-0.39, 0.29) is 30.7 Å². The van der Waals surface area contributed by atoms with Crippen molar-refractivity contribution in [3.63, 3.8) is 0 Å². The van der Waals surface area contributed by atoms with Crippen molar-refractivity contribution < 1.29 is 19.1 Å². The fraction of sp³-hybridized carbons (Fsp3) is 0.344. The number of hydrogen-bond donors (Lipinski definition) is 2. The van der Waals surface area contributed by atoms with Gasteiger partial charge in [0.25, 0.3) is 5.91 Å². The van der Waals surface area contributed by atoms with Gasteiger partial charge in [0, 0.05) is 35.4 Å². The standard InChI is InChI=1S/C32H36BrN3O4/c1-5-23-15-26(33)14-21(4)31(23)35-29(37)19-40-28-12-10-27(11-13-28)36-18-25(16-30(36)38)32(39)34-17-22-6-8-24(9-7-22)20(2)3/h6-15,20,25H,5,16-19H2,1-4H3,(H,34,39)(H,35,37)/t25-/m1/s1. The van der Waals surface area contributed by atoms with Crippen LogP contribution < -0.4 is 20.3 Å². The molecule has 3 aromatic carbocycles. The Balaban J connectivity index is 1.27. The molecule has 4 rings (SSSR count). The molecule has 0 radical (unpaired) electrons. The Morgan fingerprint density at radius 1 is 1.07 bits per heavy atom. The number of carbonyl (C=O) groups excluding carboxylic acids is 3. The lowest BCUT2D eigenvalue weighted by Crippen LogP contribution is -2.32. The predicted molar refractivity (Wildman–Crippen MR) is 162 cm³/mol. The summed E-state index contributed by atoms with van der Waals surface area (Å²) in [6, 6.07) is 19.2. The maximum atomic E-state index is 12.8. The molecule has 7 nitrogen and oxygen atoms in total. The Morgan fingerprint density at radius 3 is 2.42 bits per heavy atom. The molecule has 0 saturated carbocycles. The van der Waals surface area contributed by atoms with Crippen LogP contribution in [0, 0.1) is 12.8 Å². The Kier molecular flexibility index (Phi) is 9.63. The van der Waals surface area contributed by atoms with Crippen LogP contribution in [0.5, 0.6) is 5.75 Å². The summed E-state index contributed by atoms with van der Waals surface area (Å²) in [5.74, 6) is 0.112. The molecule has 40 heavy (non-hydrogen) atoms. The molecule has 0 aliphatic carbocycles. The number of benzene rings is 3. The van der Waals surface area contributed by atoms with Crippen LogP contribution in [-0.4, -0.2) is 30.9 Å². The molecule has 3 aromatic rings. The van der Waals surface area contributed by atoms with E-state index >= 15 is 0 Å². The maximum absolute atomic E-state index is 12.8. The van der Waals surface area contributed by atoms with Crippen LogP contribution in [0.3, 0.4) is 0 Å². The normalized spacial score (nSPS) is 14.9. The first-order valence-corrected chi connectivity index (χ1v) is 14.4. The summed E-state index contributed by atoms with van der Waals surface area (Å²) in [4.78, 5) is 39.7. The van der Waals surface area contributed by atoms with Crippen molar-refractivity contribution in [3.05, 3.63) is 87.4 Å². The van der Waals surface area contributed by atoms with Crippen molar-refractivity contribution in [2.75, 3.05) is 23.4 Å². The molecule has 0 spiro atoms. The van der Waals surface area contributed by atoms with E-state index in [1.165, 1.54) is 5.56 Å². The average molecular weight is 607 g/mol. The van der Waals surface area contributed by atoms with Crippen LogP contribution in [-0.2, 0) is 27.3 Å². The van der Waals surface area contributed by atoms with Gasteiger partial charge in [-0.3, -0.25) is 14.4 Å². The van der Waals surface area contributed by atoms with E-state index in [2.05, 4.69) is 52.5 Å². The van der Waals surface area contributed by atoms with Gasteiger partial charge in [-0.25, -0.2) is 0 Å². The number of carbonyl (C=O) groups is 3. The molecular formula is C32H36BrN3O4. The first-order valence-electron chi connectivity index (χ1n) is 13.6. The highest BCUT2D eigenvalue weighted by Crippen LogP contribution is 2.28. The van der Waals surface area contributed by atoms with Crippen molar-refractivity contribution in [2.24, 2.45) is 5.92 Å². The summed E-state index contributed by atoms with van der Waals surface area (Å²) in [7, 11) is 0. The van der Waals surface area contributed by atoms with Gasteiger partial charge >= 0.3 is 0 Å². The Morgan fingerprint density at radius 2 is 1.77 bits per heavy atom. The highest BCUT2D eigenvalue weighted by molar-refractivity contribution is 9.10. The molecule has 1 saturated heterocycles. The van der Waals surface area contributed by atoms with Crippen LogP contribution in [0.2, 0.25) is 0 Å². The quantitative estimate of drug-likeness (QED) is 0.291. The van der Waals surface area contributed by atoms with Crippen molar-refractivity contribution in [3.8, 4) is 5.75 Å². The fourth-order valence-electron chi connectivity index (χ4n) is 4.80. The van der Waals surface area contributed by atoms with Crippen LogP contribution in [0.1, 0.15) is 55.4 Å². The lowest BCUT2D eigenvalue weighted by Gasteiger charge is -2.17. The Bertz CT molecular complexity index is 1370. The molecule has 2 N–H and O–H groups in total. The molecule has 1 fully saturated rings. The van der Waals surface area contributed by atoms with Gasteiger partial charge in [-0.1, -0.05) is 61.0 Å². The third kappa shape index (κ3) is 7.30. The van der Waals surface area contributed by atoms with E-state index in [1.54, 1.807) is 29.2 Å². The van der Waals surface area contributed by atoms with Gasteiger partial charge in [0.15, 0.2) is 6.61 Å². The largest absolute Gasteiger partial charge is 0.484 e. The van der Waals surface area contributed by atoms with Gasteiger partial charge in [0.05, 0.1) is 5.92 Å². The number of anilines is 2. The van der Waals surface area contributed by atoms with E-state index in [0.717, 1.165) is 33.3 Å². The van der Waals surface area contributed by atoms with Gasteiger partial charge in [-0.2, -0.15) is 0 Å². The second kappa shape index (κ2) is 13.1. The Labute approximate surface area is 244 Å². The molecule has 210 valence electrons. The second-order valence-electron chi connectivity index (χ2n) is 10.5. The van der Waals surface area contributed by atoms with Crippen LogP contribution in [0.4, 0.5) is 11.4 Å². The molecular weight excluding hydrogens is 570 g/mol. The topological polar surface area (TPSA) is 87.7 Å². The number of amides is 3. The molecule has 3 amide bonds. The molecule has 8 heteroatoms. The lowest BCUT2D eigenvalue weighted by molar-refractivity contribution is -0.126. The van der Waals surface area contributed by atoms with Crippen molar-refractivity contribution in [1.29, 1.82) is 0 Å². The molecule has 0 bridgehead atoms. The predicted octanol–water partition coefficient (Wildman–Crippen LogP) is 6.13. The SMILES string of the molecule is CCc1cc(Br)cc(C)c1NC(=O)COc1ccc(N2C[C@H](C(=O)NCc3ccc(C(C)C)cc3)CC2=O)cc1. The summed E-state index contributed by atoms with van der Waals surface area (Å²) < 4.78 is 6.67. The first-order chi connectivity index (χ1) is 19.1. The first kappa shape index (κ1) is 29.3. The number of nitrogens with one attached hydrogen (secondary N) is 2. The van der Waals surface area contributed by atoms with Crippen LogP contribution >= 0.6 is 15.9 Å². The number of halogens is 1.